The predicted octanol–water partition coefficient (Wildman–Crippen LogP) is 4.85. The number of hydrogen-bond donors (Lipinski definition) is 1. The number of benzene rings is 1. The van der Waals surface area contributed by atoms with Gasteiger partial charge in [-0.15, -0.1) is 11.8 Å². The van der Waals surface area contributed by atoms with Gasteiger partial charge in [-0.2, -0.15) is 0 Å². The summed E-state index contributed by atoms with van der Waals surface area (Å²) in [5.74, 6) is 0.195. The molecule has 0 atom stereocenters. The molecule has 5 rings (SSSR count). The summed E-state index contributed by atoms with van der Waals surface area (Å²) in [6, 6.07) is 9.88. The Bertz CT molecular complexity index is 1190. The number of aryl methyl sites for hydroxylation is 2. The number of ketones is 1. The van der Waals surface area contributed by atoms with Gasteiger partial charge < -0.3 is 10.6 Å². The van der Waals surface area contributed by atoms with E-state index in [0.29, 0.717) is 30.1 Å². The summed E-state index contributed by atoms with van der Waals surface area (Å²) in [4.78, 5) is 34.5. The van der Waals surface area contributed by atoms with Crippen LogP contribution in [0.3, 0.4) is 0 Å². The summed E-state index contributed by atoms with van der Waals surface area (Å²) in [5, 5.41) is 1.38. The molecule has 0 aliphatic carbocycles. The molecule has 2 aliphatic heterocycles. The Morgan fingerprint density at radius 2 is 1.93 bits per heavy atom. The van der Waals surface area contributed by atoms with Crippen LogP contribution in [-0.2, 0) is 0 Å². The molecule has 2 aromatic heterocycles. The van der Waals surface area contributed by atoms with Crippen molar-refractivity contribution in [2.24, 2.45) is 0 Å². The zero-order valence-electron chi connectivity index (χ0n) is 17.0. The van der Waals surface area contributed by atoms with Crippen molar-refractivity contribution in [2.75, 3.05) is 18.8 Å². The number of likely N-dealkylation sites (tertiary alicyclic amines) is 1. The normalized spacial score (nSPS) is 18.1. The van der Waals surface area contributed by atoms with Crippen molar-refractivity contribution in [3.63, 3.8) is 0 Å². The monoisotopic (exact) mass is 437 g/mol. The van der Waals surface area contributed by atoms with Gasteiger partial charge in [0.25, 0.3) is 5.91 Å². The molecule has 30 heavy (non-hydrogen) atoms. The summed E-state index contributed by atoms with van der Waals surface area (Å²) < 4.78 is -0.111. The Morgan fingerprint density at radius 1 is 1.20 bits per heavy atom. The number of nitrogens with two attached hydrogens (primary N) is 1. The number of amides is 1. The van der Waals surface area contributed by atoms with Crippen LogP contribution in [0.5, 0.6) is 0 Å². The molecule has 4 heterocycles. The molecule has 1 saturated heterocycles. The van der Waals surface area contributed by atoms with Crippen LogP contribution < -0.4 is 5.73 Å². The van der Waals surface area contributed by atoms with E-state index in [9.17, 15) is 9.59 Å². The molecule has 0 bridgehead atoms. The van der Waals surface area contributed by atoms with E-state index in [1.54, 1.807) is 0 Å². The lowest BCUT2D eigenvalue weighted by Gasteiger charge is -2.43. The van der Waals surface area contributed by atoms with Crippen LogP contribution in [0.25, 0.3) is 10.2 Å². The highest BCUT2D eigenvalue weighted by atomic mass is 32.2. The lowest BCUT2D eigenvalue weighted by Crippen LogP contribution is -2.47. The molecule has 7 heteroatoms. The number of Topliss-reactive ketones (excluding diaryl/α,β-unsaturated/α-hetero) is 1. The SMILES string of the molecule is Cc1cc2c(C(=O)N3CCC4(CC3)CC(=O)c3ccccc3S4)c(N)sc2nc1C. The van der Waals surface area contributed by atoms with E-state index in [4.69, 9.17) is 5.73 Å². The van der Waals surface area contributed by atoms with Gasteiger partial charge in [0.2, 0.25) is 0 Å². The minimum absolute atomic E-state index is 0.0220. The van der Waals surface area contributed by atoms with E-state index in [1.807, 2.05) is 60.8 Å². The molecular formula is C23H23N3O2S2. The first kappa shape index (κ1) is 19.6. The van der Waals surface area contributed by atoms with Crippen molar-refractivity contribution in [1.29, 1.82) is 0 Å². The number of rotatable bonds is 1. The van der Waals surface area contributed by atoms with Crippen LogP contribution in [0, 0.1) is 13.8 Å². The second kappa shape index (κ2) is 7.10. The summed E-state index contributed by atoms with van der Waals surface area (Å²) in [7, 11) is 0. The van der Waals surface area contributed by atoms with Gasteiger partial charge in [0.05, 0.1) is 5.56 Å². The number of thioether (sulfide) groups is 1. The van der Waals surface area contributed by atoms with Gasteiger partial charge >= 0.3 is 0 Å². The zero-order valence-corrected chi connectivity index (χ0v) is 18.7. The number of carbonyl (C=O) groups is 2. The van der Waals surface area contributed by atoms with Crippen LogP contribution in [0.2, 0.25) is 0 Å². The first-order valence-corrected chi connectivity index (χ1v) is 11.8. The maximum absolute atomic E-state index is 13.4. The molecule has 3 aromatic rings. The molecular weight excluding hydrogens is 414 g/mol. The Morgan fingerprint density at radius 3 is 2.70 bits per heavy atom. The van der Waals surface area contributed by atoms with Gasteiger partial charge in [-0.25, -0.2) is 4.98 Å². The number of carbonyl (C=O) groups excluding carboxylic acids is 2. The van der Waals surface area contributed by atoms with Crippen LogP contribution in [0.1, 0.15) is 51.2 Å². The fourth-order valence-corrected chi connectivity index (χ4v) is 6.90. The number of fused-ring (bicyclic) bond motifs is 2. The van der Waals surface area contributed by atoms with E-state index in [0.717, 1.165) is 44.8 Å². The standard InChI is InChI=1S/C23H23N3O2S2/c1-13-11-16-19(20(24)29-21(16)25-14(13)2)22(28)26-9-7-23(8-10-26)12-17(27)15-5-3-4-6-18(15)30-23/h3-6,11H,7-10,12,24H2,1-2H3. The molecule has 2 N–H and O–H groups in total. The van der Waals surface area contributed by atoms with Crippen LogP contribution >= 0.6 is 23.1 Å². The third-order valence-electron chi connectivity index (χ3n) is 6.33. The number of aromatic nitrogens is 1. The lowest BCUT2D eigenvalue weighted by molar-refractivity contribution is 0.0699. The fraction of sp³-hybridized carbons (Fsp3) is 0.348. The number of hydrogen-bond acceptors (Lipinski definition) is 6. The number of piperidine rings is 1. The van der Waals surface area contributed by atoms with E-state index in [1.165, 1.54) is 11.3 Å². The third kappa shape index (κ3) is 3.11. The number of nitrogens with zero attached hydrogens (tertiary/aromatic N) is 2. The highest BCUT2D eigenvalue weighted by Crippen LogP contribution is 2.49. The summed E-state index contributed by atoms with van der Waals surface area (Å²) in [5.41, 5.74) is 9.69. The largest absolute Gasteiger partial charge is 0.390 e. The highest BCUT2D eigenvalue weighted by Gasteiger charge is 2.42. The lowest BCUT2D eigenvalue weighted by atomic mass is 9.87. The number of pyridine rings is 1. The van der Waals surface area contributed by atoms with Crippen molar-refractivity contribution in [2.45, 2.75) is 42.8 Å². The Balaban J connectivity index is 1.38. The number of anilines is 1. The Labute approximate surface area is 183 Å². The first-order chi connectivity index (χ1) is 14.4. The van der Waals surface area contributed by atoms with Gasteiger partial charge in [-0.3, -0.25) is 9.59 Å². The molecule has 1 aromatic carbocycles. The average Bonchev–Trinajstić information content (AvgIpc) is 3.03. The van der Waals surface area contributed by atoms with Crippen molar-refractivity contribution in [1.82, 2.24) is 9.88 Å². The maximum Gasteiger partial charge on any atom is 0.257 e. The number of thiophene rings is 1. The number of nitrogen functional groups attached to an aromatic ring is 1. The molecule has 1 fully saturated rings. The summed E-state index contributed by atoms with van der Waals surface area (Å²) >= 11 is 3.19. The average molecular weight is 438 g/mol. The van der Waals surface area contributed by atoms with Gasteiger partial charge in [-0.05, 0) is 44.4 Å². The summed E-state index contributed by atoms with van der Waals surface area (Å²) in [6.07, 6.45) is 2.16. The minimum Gasteiger partial charge on any atom is -0.390 e. The molecule has 0 saturated carbocycles. The predicted molar refractivity (Wildman–Crippen MR) is 123 cm³/mol. The topological polar surface area (TPSA) is 76.3 Å². The van der Waals surface area contributed by atoms with Crippen molar-refractivity contribution in [3.05, 3.63) is 52.7 Å². The Hall–Kier alpha value is -2.38. The van der Waals surface area contributed by atoms with Crippen molar-refractivity contribution < 1.29 is 9.59 Å². The van der Waals surface area contributed by atoms with E-state index in [-0.39, 0.29) is 16.4 Å². The zero-order chi connectivity index (χ0) is 21.0. The van der Waals surface area contributed by atoms with Crippen molar-refractivity contribution in [3.8, 4) is 0 Å². The summed E-state index contributed by atoms with van der Waals surface area (Å²) in [6.45, 7) is 5.24. The quantitative estimate of drug-likeness (QED) is 0.589. The molecule has 154 valence electrons. The Kier molecular flexibility index (Phi) is 4.63. The van der Waals surface area contributed by atoms with E-state index in [2.05, 4.69) is 4.98 Å². The molecule has 0 radical (unpaired) electrons. The molecule has 1 amide bonds. The maximum atomic E-state index is 13.4. The van der Waals surface area contributed by atoms with Gasteiger partial charge in [-0.1, -0.05) is 29.5 Å². The van der Waals surface area contributed by atoms with Crippen LogP contribution in [0.4, 0.5) is 5.00 Å². The highest BCUT2D eigenvalue weighted by molar-refractivity contribution is 8.01. The van der Waals surface area contributed by atoms with Gasteiger partial charge in [0.15, 0.2) is 5.78 Å². The molecule has 1 spiro atoms. The van der Waals surface area contributed by atoms with Crippen LogP contribution in [0.15, 0.2) is 35.2 Å². The molecule has 0 unspecified atom stereocenters. The fourth-order valence-electron chi connectivity index (χ4n) is 4.45. The van der Waals surface area contributed by atoms with Gasteiger partial charge in [0, 0.05) is 45.8 Å². The first-order valence-electron chi connectivity index (χ1n) is 10.1. The van der Waals surface area contributed by atoms with Gasteiger partial charge in [0.1, 0.15) is 9.83 Å². The van der Waals surface area contributed by atoms with E-state index < -0.39 is 0 Å². The minimum atomic E-state index is -0.111. The second-order valence-corrected chi connectivity index (χ2v) is 10.8. The smallest absolute Gasteiger partial charge is 0.257 e. The third-order valence-corrected chi connectivity index (χ3v) is 8.82. The molecule has 5 nitrogen and oxygen atoms in total. The van der Waals surface area contributed by atoms with E-state index >= 15 is 0 Å². The van der Waals surface area contributed by atoms with Crippen LogP contribution in [-0.4, -0.2) is 39.4 Å². The second-order valence-electron chi connectivity index (χ2n) is 8.26. The molecule has 2 aliphatic rings. The van der Waals surface area contributed by atoms with Crippen molar-refractivity contribution >= 4 is 50.0 Å².